The lowest BCUT2D eigenvalue weighted by Gasteiger charge is -2.34. The van der Waals surface area contributed by atoms with E-state index in [1.165, 1.54) is 25.7 Å². The third-order valence-electron chi connectivity index (χ3n) is 5.78. The van der Waals surface area contributed by atoms with Gasteiger partial charge in [-0.05, 0) is 38.5 Å². The molecule has 0 bridgehead atoms. The minimum absolute atomic E-state index is 0. The molecule has 1 saturated heterocycles. The first-order valence-corrected chi connectivity index (χ1v) is 11.1. The van der Waals surface area contributed by atoms with Crippen LogP contribution in [0.5, 0.6) is 0 Å². The van der Waals surface area contributed by atoms with Gasteiger partial charge in [0, 0.05) is 31.7 Å². The third kappa shape index (κ3) is 7.42. The number of nitrogens with zero attached hydrogens (tertiary/aromatic N) is 3. The second-order valence-electron chi connectivity index (χ2n) is 9.21. The molecule has 1 aromatic rings. The van der Waals surface area contributed by atoms with E-state index in [4.69, 9.17) is 14.1 Å². The van der Waals surface area contributed by atoms with Crippen LogP contribution in [0.1, 0.15) is 77.9 Å². The number of nitrogens with one attached hydrogen (secondary N) is 1. The van der Waals surface area contributed by atoms with Crippen LogP contribution in [0.25, 0.3) is 0 Å². The van der Waals surface area contributed by atoms with Gasteiger partial charge in [-0.1, -0.05) is 33.6 Å². The zero-order valence-electron chi connectivity index (χ0n) is 18.6. The number of piperidine rings is 1. The summed E-state index contributed by atoms with van der Waals surface area (Å²) < 4.78 is 12.1. The molecule has 1 N–H and O–H groups in total. The first-order chi connectivity index (χ1) is 13.5. The third-order valence-corrected chi connectivity index (χ3v) is 5.78. The lowest BCUT2D eigenvalue weighted by Crippen LogP contribution is -2.47. The predicted octanol–water partition coefficient (Wildman–Crippen LogP) is 4.73. The summed E-state index contributed by atoms with van der Waals surface area (Å²) in [7, 11) is 0. The number of guanidine groups is 1. The van der Waals surface area contributed by atoms with E-state index in [1.54, 1.807) is 0 Å². The standard InChI is InChI=1S/C22H38N4O2.HI/c1-5-23-21(25-15-20-24-14-19(28-20)22(2,3)4)26-12-10-18(11-13-26)27-16-17-8-6-7-9-17;/h14,17-18H,5-13,15-16H2,1-4H3,(H,23,25);1H. The first kappa shape index (κ1) is 24.4. The molecule has 0 amide bonds. The van der Waals surface area contributed by atoms with E-state index in [0.717, 1.165) is 56.7 Å². The molecule has 0 aromatic carbocycles. The molecule has 6 nitrogen and oxygen atoms in total. The lowest BCUT2D eigenvalue weighted by molar-refractivity contribution is 0.00100. The fourth-order valence-electron chi connectivity index (χ4n) is 3.98. The van der Waals surface area contributed by atoms with Crippen molar-refractivity contribution in [1.29, 1.82) is 0 Å². The summed E-state index contributed by atoms with van der Waals surface area (Å²) in [4.78, 5) is 11.5. The zero-order chi connectivity index (χ0) is 20.0. The maximum absolute atomic E-state index is 6.21. The van der Waals surface area contributed by atoms with Crippen LogP contribution in [0.2, 0.25) is 0 Å². The number of oxazole rings is 1. The lowest BCUT2D eigenvalue weighted by atomic mass is 9.94. The maximum Gasteiger partial charge on any atom is 0.216 e. The molecule has 166 valence electrons. The number of hydrogen-bond acceptors (Lipinski definition) is 4. The van der Waals surface area contributed by atoms with Gasteiger partial charge in [-0.3, -0.25) is 0 Å². The molecule has 2 aliphatic rings. The number of ether oxygens (including phenoxy) is 1. The first-order valence-electron chi connectivity index (χ1n) is 11.1. The number of hydrogen-bond donors (Lipinski definition) is 1. The van der Waals surface area contributed by atoms with E-state index in [1.807, 2.05) is 6.20 Å². The van der Waals surface area contributed by atoms with Crippen molar-refractivity contribution in [3.63, 3.8) is 0 Å². The van der Waals surface area contributed by atoms with Crippen LogP contribution in [0, 0.1) is 5.92 Å². The molecular weight excluding hydrogens is 479 g/mol. The average molecular weight is 518 g/mol. The van der Waals surface area contributed by atoms with Crippen molar-refractivity contribution in [2.75, 3.05) is 26.2 Å². The van der Waals surface area contributed by atoms with Gasteiger partial charge < -0.3 is 19.4 Å². The Morgan fingerprint density at radius 2 is 1.93 bits per heavy atom. The van der Waals surface area contributed by atoms with Crippen molar-refractivity contribution in [3.05, 3.63) is 17.8 Å². The fourth-order valence-corrected chi connectivity index (χ4v) is 3.98. The normalized spacial score (nSPS) is 19.4. The number of aliphatic imine (C=N–C) groups is 1. The zero-order valence-corrected chi connectivity index (χ0v) is 20.9. The summed E-state index contributed by atoms with van der Waals surface area (Å²) in [6, 6.07) is 0. The van der Waals surface area contributed by atoms with Crippen molar-refractivity contribution >= 4 is 29.9 Å². The SMILES string of the molecule is CCNC(=NCc1ncc(C(C)(C)C)o1)N1CCC(OCC2CCCC2)CC1.I. The van der Waals surface area contributed by atoms with Gasteiger partial charge in [-0.15, -0.1) is 24.0 Å². The Balaban J connectivity index is 0.00000300. The second kappa shape index (κ2) is 11.5. The minimum atomic E-state index is -0.0279. The van der Waals surface area contributed by atoms with E-state index in [0.29, 0.717) is 18.5 Å². The molecule has 0 spiro atoms. The summed E-state index contributed by atoms with van der Waals surface area (Å²) in [5.74, 6) is 3.33. The monoisotopic (exact) mass is 518 g/mol. The molecule has 1 saturated carbocycles. The highest BCUT2D eigenvalue weighted by Crippen LogP contribution is 2.26. The van der Waals surface area contributed by atoms with E-state index >= 15 is 0 Å². The van der Waals surface area contributed by atoms with E-state index in [9.17, 15) is 0 Å². The Kier molecular flexibility index (Phi) is 9.72. The van der Waals surface area contributed by atoms with Crippen LogP contribution in [-0.4, -0.2) is 48.2 Å². The molecule has 2 heterocycles. The Labute approximate surface area is 193 Å². The van der Waals surface area contributed by atoms with Gasteiger partial charge in [-0.25, -0.2) is 9.98 Å². The molecule has 1 aliphatic heterocycles. The van der Waals surface area contributed by atoms with E-state index in [-0.39, 0.29) is 29.4 Å². The van der Waals surface area contributed by atoms with Crippen molar-refractivity contribution in [1.82, 2.24) is 15.2 Å². The highest BCUT2D eigenvalue weighted by Gasteiger charge is 2.24. The van der Waals surface area contributed by atoms with Crippen molar-refractivity contribution in [2.24, 2.45) is 10.9 Å². The van der Waals surface area contributed by atoms with Crippen molar-refractivity contribution in [3.8, 4) is 0 Å². The highest BCUT2D eigenvalue weighted by atomic mass is 127. The van der Waals surface area contributed by atoms with Gasteiger partial charge >= 0.3 is 0 Å². The molecular formula is C22H39IN4O2. The Bertz CT molecular complexity index is 627. The maximum atomic E-state index is 6.21. The summed E-state index contributed by atoms with van der Waals surface area (Å²) in [6.45, 7) is 12.7. The Morgan fingerprint density at radius 3 is 2.52 bits per heavy atom. The number of aromatic nitrogens is 1. The highest BCUT2D eigenvalue weighted by molar-refractivity contribution is 14.0. The molecule has 0 unspecified atom stereocenters. The quantitative estimate of drug-likeness (QED) is 0.335. The van der Waals surface area contributed by atoms with Crippen molar-refractivity contribution < 1.29 is 9.15 Å². The number of rotatable bonds is 6. The summed E-state index contributed by atoms with van der Waals surface area (Å²) >= 11 is 0. The number of halogens is 1. The van der Waals surface area contributed by atoms with Gasteiger partial charge in [0.05, 0.1) is 12.3 Å². The van der Waals surface area contributed by atoms with Crippen LogP contribution in [0.4, 0.5) is 0 Å². The van der Waals surface area contributed by atoms with E-state index in [2.05, 4.69) is 42.9 Å². The summed E-state index contributed by atoms with van der Waals surface area (Å²) in [5, 5.41) is 3.42. The summed E-state index contributed by atoms with van der Waals surface area (Å²) in [6.07, 6.45) is 9.86. The molecule has 7 heteroatoms. The summed E-state index contributed by atoms with van der Waals surface area (Å²) in [5.41, 5.74) is -0.0279. The topological polar surface area (TPSA) is 62.9 Å². The van der Waals surface area contributed by atoms with Gasteiger partial charge in [0.2, 0.25) is 5.89 Å². The molecule has 0 atom stereocenters. The van der Waals surface area contributed by atoms with Gasteiger partial charge in [0.15, 0.2) is 5.96 Å². The molecule has 1 aliphatic carbocycles. The van der Waals surface area contributed by atoms with Gasteiger partial charge in [-0.2, -0.15) is 0 Å². The number of likely N-dealkylation sites (tertiary alicyclic amines) is 1. The van der Waals surface area contributed by atoms with E-state index < -0.39 is 0 Å². The molecule has 1 aromatic heterocycles. The smallest absolute Gasteiger partial charge is 0.216 e. The second-order valence-corrected chi connectivity index (χ2v) is 9.21. The Morgan fingerprint density at radius 1 is 1.24 bits per heavy atom. The largest absolute Gasteiger partial charge is 0.443 e. The van der Waals surface area contributed by atoms with Crippen LogP contribution >= 0.6 is 24.0 Å². The van der Waals surface area contributed by atoms with Crippen LogP contribution in [0.3, 0.4) is 0 Å². The fraction of sp³-hybridized carbons (Fsp3) is 0.818. The molecule has 0 radical (unpaired) electrons. The molecule has 29 heavy (non-hydrogen) atoms. The predicted molar refractivity (Wildman–Crippen MR) is 128 cm³/mol. The van der Waals surface area contributed by atoms with Gasteiger partial charge in [0.25, 0.3) is 0 Å². The van der Waals surface area contributed by atoms with Crippen molar-refractivity contribution in [2.45, 2.75) is 84.3 Å². The minimum Gasteiger partial charge on any atom is -0.443 e. The average Bonchev–Trinajstić information content (AvgIpc) is 3.35. The Hall–Kier alpha value is -0.830. The van der Waals surface area contributed by atoms with Crippen LogP contribution < -0.4 is 5.32 Å². The van der Waals surface area contributed by atoms with Crippen LogP contribution in [-0.2, 0) is 16.7 Å². The van der Waals surface area contributed by atoms with Crippen LogP contribution in [0.15, 0.2) is 15.6 Å². The molecule has 3 rings (SSSR count). The van der Waals surface area contributed by atoms with Gasteiger partial charge in [0.1, 0.15) is 12.3 Å². The molecule has 2 fully saturated rings.